The molecule has 2 aromatic rings. The molecule has 2 N–H and O–H groups in total. The minimum atomic E-state index is -0.347. The molecule has 0 spiro atoms. The van der Waals surface area contributed by atoms with Gasteiger partial charge in [-0.2, -0.15) is 4.98 Å². The van der Waals surface area contributed by atoms with Crippen molar-refractivity contribution in [2.75, 3.05) is 13.7 Å². The Kier molecular flexibility index (Phi) is 3.51. The van der Waals surface area contributed by atoms with Crippen LogP contribution in [0.5, 0.6) is 0 Å². The van der Waals surface area contributed by atoms with Crippen molar-refractivity contribution in [2.45, 2.75) is 13.0 Å². The Labute approximate surface area is 99.6 Å². The fraction of sp³-hybridized carbons (Fsp3) is 0.333. The van der Waals surface area contributed by atoms with Gasteiger partial charge in [0.15, 0.2) is 0 Å². The third-order valence-electron chi connectivity index (χ3n) is 2.60. The zero-order chi connectivity index (χ0) is 12.3. The Bertz CT molecular complexity index is 492. The summed E-state index contributed by atoms with van der Waals surface area (Å²) in [4.78, 5) is 4.30. The van der Waals surface area contributed by atoms with E-state index in [0.29, 0.717) is 18.3 Å². The molecule has 5 nitrogen and oxygen atoms in total. The average Bonchev–Trinajstić information content (AvgIpc) is 2.81. The molecule has 0 aliphatic heterocycles. The minimum Gasteiger partial charge on any atom is -0.370 e. The zero-order valence-electron chi connectivity index (χ0n) is 9.88. The van der Waals surface area contributed by atoms with Gasteiger partial charge in [-0.15, -0.1) is 0 Å². The molecule has 1 atom stereocenters. The fourth-order valence-corrected chi connectivity index (χ4v) is 1.60. The van der Waals surface area contributed by atoms with Crippen LogP contribution in [-0.2, 0) is 4.74 Å². The van der Waals surface area contributed by atoms with Crippen LogP contribution < -0.4 is 5.73 Å². The van der Waals surface area contributed by atoms with Gasteiger partial charge in [-0.05, 0) is 12.5 Å². The summed E-state index contributed by atoms with van der Waals surface area (Å²) in [5, 5.41) is 3.94. The number of rotatable bonds is 4. The second kappa shape index (κ2) is 5.07. The highest BCUT2D eigenvalue weighted by Crippen LogP contribution is 2.22. The van der Waals surface area contributed by atoms with Gasteiger partial charge < -0.3 is 15.0 Å². The first-order valence-electron chi connectivity index (χ1n) is 5.38. The van der Waals surface area contributed by atoms with Crippen LogP contribution in [0.25, 0.3) is 11.4 Å². The van der Waals surface area contributed by atoms with E-state index in [1.807, 2.05) is 31.2 Å². The maximum atomic E-state index is 5.54. The maximum Gasteiger partial charge on any atom is 0.257 e. The molecule has 0 bridgehead atoms. The van der Waals surface area contributed by atoms with Crippen molar-refractivity contribution in [3.05, 3.63) is 35.7 Å². The van der Waals surface area contributed by atoms with Gasteiger partial charge in [0.25, 0.3) is 5.89 Å². The number of benzene rings is 1. The normalized spacial score (nSPS) is 12.6. The van der Waals surface area contributed by atoms with Crippen LogP contribution in [-0.4, -0.2) is 23.8 Å². The zero-order valence-corrected chi connectivity index (χ0v) is 9.88. The van der Waals surface area contributed by atoms with Crippen molar-refractivity contribution < 1.29 is 9.26 Å². The van der Waals surface area contributed by atoms with E-state index >= 15 is 0 Å². The number of nitrogens with zero attached hydrogens (tertiary/aromatic N) is 2. The highest BCUT2D eigenvalue weighted by Gasteiger charge is 2.17. The molecule has 1 unspecified atom stereocenters. The number of nitrogens with two attached hydrogens (primary N) is 1. The summed E-state index contributed by atoms with van der Waals surface area (Å²) in [5.74, 6) is 0.974. The van der Waals surface area contributed by atoms with Crippen LogP contribution >= 0.6 is 0 Å². The lowest BCUT2D eigenvalue weighted by atomic mass is 10.1. The first-order chi connectivity index (χ1) is 8.26. The van der Waals surface area contributed by atoms with E-state index in [9.17, 15) is 0 Å². The minimum absolute atomic E-state index is 0.311. The number of hydrogen-bond acceptors (Lipinski definition) is 5. The molecule has 0 radical (unpaired) electrons. The fourth-order valence-electron chi connectivity index (χ4n) is 1.60. The van der Waals surface area contributed by atoms with Gasteiger partial charge in [0.1, 0.15) is 6.10 Å². The van der Waals surface area contributed by atoms with Gasteiger partial charge in [0, 0.05) is 19.2 Å². The molecule has 17 heavy (non-hydrogen) atoms. The summed E-state index contributed by atoms with van der Waals surface area (Å²) in [5.41, 5.74) is 7.59. The lowest BCUT2D eigenvalue weighted by Crippen LogP contribution is -2.14. The number of aryl methyl sites for hydroxylation is 1. The number of ether oxygens (including phenoxy) is 1. The number of hydrogen-bond donors (Lipinski definition) is 1. The van der Waals surface area contributed by atoms with Crippen molar-refractivity contribution in [3.63, 3.8) is 0 Å². The molecule has 1 aromatic carbocycles. The van der Waals surface area contributed by atoms with Crippen molar-refractivity contribution >= 4 is 0 Å². The summed E-state index contributed by atoms with van der Waals surface area (Å²) >= 11 is 0. The first-order valence-corrected chi connectivity index (χ1v) is 5.38. The molecule has 1 heterocycles. The molecule has 90 valence electrons. The Morgan fingerprint density at radius 2 is 2.18 bits per heavy atom. The summed E-state index contributed by atoms with van der Waals surface area (Å²) in [6, 6.07) is 7.86. The summed E-state index contributed by atoms with van der Waals surface area (Å²) in [6.07, 6.45) is -0.347. The van der Waals surface area contributed by atoms with Crippen LogP contribution in [0.1, 0.15) is 17.6 Å². The predicted octanol–water partition coefficient (Wildman–Crippen LogP) is 1.69. The van der Waals surface area contributed by atoms with Gasteiger partial charge in [0.05, 0.1) is 0 Å². The third kappa shape index (κ3) is 2.35. The lowest BCUT2D eigenvalue weighted by Gasteiger charge is -2.05. The second-order valence-electron chi connectivity index (χ2n) is 3.73. The number of aromatic nitrogens is 2. The molecule has 5 heteroatoms. The Hall–Kier alpha value is -1.72. The maximum absolute atomic E-state index is 5.54. The van der Waals surface area contributed by atoms with Crippen LogP contribution in [0.2, 0.25) is 0 Å². The standard InChI is InChI=1S/C12H15N3O2/c1-8-5-3-4-6-9(8)11-14-12(17-15-11)10(7-13)16-2/h3-6,10H,7,13H2,1-2H3. The Morgan fingerprint density at radius 1 is 1.41 bits per heavy atom. The second-order valence-corrected chi connectivity index (χ2v) is 3.73. The van der Waals surface area contributed by atoms with E-state index in [2.05, 4.69) is 10.1 Å². The van der Waals surface area contributed by atoms with Gasteiger partial charge in [-0.1, -0.05) is 29.4 Å². The van der Waals surface area contributed by atoms with Gasteiger partial charge in [0.2, 0.25) is 5.82 Å². The largest absolute Gasteiger partial charge is 0.370 e. The van der Waals surface area contributed by atoms with Crippen LogP contribution in [0.3, 0.4) is 0 Å². The summed E-state index contributed by atoms with van der Waals surface area (Å²) < 4.78 is 10.3. The molecule has 0 aliphatic carbocycles. The monoisotopic (exact) mass is 233 g/mol. The summed E-state index contributed by atoms with van der Waals surface area (Å²) in [7, 11) is 1.56. The molecule has 0 saturated carbocycles. The van der Waals surface area contributed by atoms with Crippen LogP contribution in [0.4, 0.5) is 0 Å². The molecule has 0 fully saturated rings. The average molecular weight is 233 g/mol. The summed E-state index contributed by atoms with van der Waals surface area (Å²) in [6.45, 7) is 2.31. The Morgan fingerprint density at radius 3 is 2.82 bits per heavy atom. The van der Waals surface area contributed by atoms with Crippen LogP contribution in [0.15, 0.2) is 28.8 Å². The quantitative estimate of drug-likeness (QED) is 0.869. The van der Waals surface area contributed by atoms with E-state index < -0.39 is 0 Å². The highest BCUT2D eigenvalue weighted by molar-refractivity contribution is 5.58. The first kappa shape index (κ1) is 11.8. The predicted molar refractivity (Wildman–Crippen MR) is 63.3 cm³/mol. The molecule has 2 rings (SSSR count). The molecule has 0 aliphatic rings. The number of methoxy groups -OCH3 is 1. The van der Waals surface area contributed by atoms with Crippen molar-refractivity contribution in [1.82, 2.24) is 10.1 Å². The van der Waals surface area contributed by atoms with Crippen LogP contribution in [0, 0.1) is 6.92 Å². The van der Waals surface area contributed by atoms with Crippen molar-refractivity contribution in [3.8, 4) is 11.4 Å². The highest BCUT2D eigenvalue weighted by atomic mass is 16.5. The molecule has 1 aromatic heterocycles. The third-order valence-corrected chi connectivity index (χ3v) is 2.60. The van der Waals surface area contributed by atoms with Crippen molar-refractivity contribution in [1.29, 1.82) is 0 Å². The molecule has 0 saturated heterocycles. The van der Waals surface area contributed by atoms with E-state index in [4.69, 9.17) is 15.0 Å². The van der Waals surface area contributed by atoms with Gasteiger partial charge in [-0.25, -0.2) is 0 Å². The van der Waals surface area contributed by atoms with E-state index in [0.717, 1.165) is 11.1 Å². The van der Waals surface area contributed by atoms with E-state index in [1.54, 1.807) is 7.11 Å². The topological polar surface area (TPSA) is 74.2 Å². The van der Waals surface area contributed by atoms with E-state index in [-0.39, 0.29) is 6.10 Å². The van der Waals surface area contributed by atoms with E-state index in [1.165, 1.54) is 0 Å². The van der Waals surface area contributed by atoms with Crippen molar-refractivity contribution in [2.24, 2.45) is 5.73 Å². The lowest BCUT2D eigenvalue weighted by molar-refractivity contribution is 0.0804. The van der Waals surface area contributed by atoms with Gasteiger partial charge >= 0.3 is 0 Å². The molecular formula is C12H15N3O2. The van der Waals surface area contributed by atoms with Gasteiger partial charge in [-0.3, -0.25) is 0 Å². The Balaban J connectivity index is 2.33. The molecule has 0 amide bonds. The SMILES string of the molecule is COC(CN)c1nc(-c2ccccc2C)no1. The smallest absolute Gasteiger partial charge is 0.257 e. The molecular weight excluding hydrogens is 218 g/mol.